The van der Waals surface area contributed by atoms with Crippen molar-refractivity contribution in [1.82, 2.24) is 34.7 Å². The van der Waals surface area contributed by atoms with Gasteiger partial charge in [-0.3, -0.25) is 9.78 Å². The number of pyridine rings is 2. The second-order valence-electron chi connectivity index (χ2n) is 9.70. The van der Waals surface area contributed by atoms with E-state index in [0.717, 1.165) is 66.7 Å². The van der Waals surface area contributed by atoms with Crippen LogP contribution in [-0.2, 0) is 17.9 Å². The van der Waals surface area contributed by atoms with E-state index in [9.17, 15) is 4.79 Å². The second-order valence-corrected chi connectivity index (χ2v) is 9.70. The first kappa shape index (κ1) is 21.9. The standard InChI is InChI=1S/C26H30N8O/c35-26-6-1-2-9-34(26)23-10-21(13-28-14-23)24-18-33(31-30-24)17-22-16-32-15-20(7-8-25(32)29-22)12-27-11-19-4-3-5-19/h7-8,10,13-16,18-19,27H,1-6,9,11-12,17H2. The number of piperidine rings is 1. The van der Waals surface area contributed by atoms with Gasteiger partial charge in [-0.05, 0) is 55.8 Å². The van der Waals surface area contributed by atoms with Crippen molar-refractivity contribution in [2.24, 2.45) is 5.92 Å². The van der Waals surface area contributed by atoms with E-state index >= 15 is 0 Å². The van der Waals surface area contributed by atoms with E-state index in [4.69, 9.17) is 4.98 Å². The van der Waals surface area contributed by atoms with Gasteiger partial charge in [0.25, 0.3) is 0 Å². The molecule has 0 bridgehead atoms. The molecule has 2 fully saturated rings. The van der Waals surface area contributed by atoms with Crippen molar-refractivity contribution >= 4 is 17.2 Å². The average Bonchev–Trinajstić information content (AvgIpc) is 3.47. The molecular formula is C26H30N8O. The Labute approximate surface area is 204 Å². The minimum Gasteiger partial charge on any atom is -0.312 e. The van der Waals surface area contributed by atoms with Gasteiger partial charge in [-0.1, -0.05) is 17.7 Å². The largest absolute Gasteiger partial charge is 0.312 e. The molecule has 5 heterocycles. The minimum atomic E-state index is 0.156. The molecule has 1 saturated heterocycles. The van der Waals surface area contributed by atoms with E-state index in [0.29, 0.717) is 13.0 Å². The van der Waals surface area contributed by atoms with Crippen LogP contribution in [0.25, 0.3) is 16.9 Å². The van der Waals surface area contributed by atoms with Crippen LogP contribution in [0.15, 0.2) is 49.2 Å². The van der Waals surface area contributed by atoms with Gasteiger partial charge >= 0.3 is 0 Å². The lowest BCUT2D eigenvalue weighted by Crippen LogP contribution is -2.35. The minimum absolute atomic E-state index is 0.156. The molecule has 1 aliphatic heterocycles. The summed E-state index contributed by atoms with van der Waals surface area (Å²) >= 11 is 0. The number of anilines is 1. The van der Waals surface area contributed by atoms with E-state index in [1.54, 1.807) is 17.1 Å². The molecule has 1 aliphatic carbocycles. The van der Waals surface area contributed by atoms with Crippen LogP contribution < -0.4 is 10.2 Å². The number of amides is 1. The van der Waals surface area contributed by atoms with E-state index in [1.807, 2.05) is 17.2 Å². The summed E-state index contributed by atoms with van der Waals surface area (Å²) in [5.41, 5.74) is 5.50. The van der Waals surface area contributed by atoms with Gasteiger partial charge < -0.3 is 14.6 Å². The highest BCUT2D eigenvalue weighted by Gasteiger charge is 2.20. The number of nitrogens with one attached hydrogen (secondary N) is 1. The highest BCUT2D eigenvalue weighted by Crippen LogP contribution is 2.26. The van der Waals surface area contributed by atoms with E-state index < -0.39 is 0 Å². The summed E-state index contributed by atoms with van der Waals surface area (Å²) in [4.78, 5) is 23.2. The molecule has 1 saturated carbocycles. The Hall–Kier alpha value is -3.59. The molecule has 4 aromatic heterocycles. The van der Waals surface area contributed by atoms with Crippen molar-refractivity contribution < 1.29 is 4.79 Å². The van der Waals surface area contributed by atoms with Crippen LogP contribution in [0.3, 0.4) is 0 Å². The molecule has 0 aromatic carbocycles. The Bertz CT molecular complexity index is 1340. The molecule has 4 aromatic rings. The molecule has 0 radical (unpaired) electrons. The predicted octanol–water partition coefficient (Wildman–Crippen LogP) is 3.44. The summed E-state index contributed by atoms with van der Waals surface area (Å²) in [6, 6.07) is 6.17. The Morgan fingerprint density at radius 3 is 2.86 bits per heavy atom. The molecule has 180 valence electrons. The maximum atomic E-state index is 12.3. The summed E-state index contributed by atoms with van der Waals surface area (Å²) in [6.07, 6.45) is 16.3. The highest BCUT2D eigenvalue weighted by molar-refractivity contribution is 5.94. The van der Waals surface area contributed by atoms with Crippen LogP contribution in [0.1, 0.15) is 49.8 Å². The Morgan fingerprint density at radius 2 is 2.00 bits per heavy atom. The van der Waals surface area contributed by atoms with Crippen LogP contribution in [0.5, 0.6) is 0 Å². The third kappa shape index (κ3) is 4.81. The lowest BCUT2D eigenvalue weighted by molar-refractivity contribution is -0.119. The van der Waals surface area contributed by atoms with E-state index in [2.05, 4.69) is 49.5 Å². The molecule has 2 aliphatic rings. The Balaban J connectivity index is 1.13. The van der Waals surface area contributed by atoms with Gasteiger partial charge in [0.05, 0.1) is 30.3 Å². The maximum Gasteiger partial charge on any atom is 0.227 e. The van der Waals surface area contributed by atoms with Crippen molar-refractivity contribution in [2.75, 3.05) is 18.0 Å². The Morgan fingerprint density at radius 1 is 1.06 bits per heavy atom. The summed E-state index contributed by atoms with van der Waals surface area (Å²) in [5, 5.41) is 12.2. The van der Waals surface area contributed by atoms with Gasteiger partial charge in [-0.2, -0.15) is 0 Å². The number of rotatable bonds is 8. The molecule has 1 N–H and O–H groups in total. The van der Waals surface area contributed by atoms with Crippen molar-refractivity contribution in [3.63, 3.8) is 0 Å². The number of carbonyl (C=O) groups excluding carboxylic acids is 1. The number of nitrogens with zero attached hydrogens (tertiary/aromatic N) is 7. The second kappa shape index (κ2) is 9.58. The van der Waals surface area contributed by atoms with Crippen molar-refractivity contribution in [2.45, 2.75) is 51.6 Å². The van der Waals surface area contributed by atoms with E-state index in [1.165, 1.54) is 24.8 Å². The fraction of sp³-hybridized carbons (Fsp3) is 0.423. The summed E-state index contributed by atoms with van der Waals surface area (Å²) < 4.78 is 3.87. The summed E-state index contributed by atoms with van der Waals surface area (Å²) in [6.45, 7) is 3.25. The lowest BCUT2D eigenvalue weighted by Gasteiger charge is -2.26. The average molecular weight is 471 g/mol. The smallest absolute Gasteiger partial charge is 0.227 e. The summed E-state index contributed by atoms with van der Waals surface area (Å²) in [5.74, 6) is 1.01. The third-order valence-corrected chi connectivity index (χ3v) is 7.07. The molecule has 1 amide bonds. The fourth-order valence-corrected chi connectivity index (χ4v) is 4.86. The number of aromatic nitrogens is 6. The lowest BCUT2D eigenvalue weighted by atomic mass is 9.85. The Kier molecular flexibility index (Phi) is 5.99. The van der Waals surface area contributed by atoms with Gasteiger partial charge in [0.1, 0.15) is 11.3 Å². The number of hydrogen-bond donors (Lipinski definition) is 1. The highest BCUT2D eigenvalue weighted by atomic mass is 16.2. The van der Waals surface area contributed by atoms with Gasteiger partial charge in [0.2, 0.25) is 5.91 Å². The first-order chi connectivity index (χ1) is 17.2. The van der Waals surface area contributed by atoms with E-state index in [-0.39, 0.29) is 5.91 Å². The first-order valence-corrected chi connectivity index (χ1v) is 12.5. The van der Waals surface area contributed by atoms with Gasteiger partial charge in [-0.15, -0.1) is 5.10 Å². The molecule has 35 heavy (non-hydrogen) atoms. The SMILES string of the molecule is O=C1CCCCN1c1cncc(-c2cn(Cc3cn4cc(CNCC5CCC5)ccc4n3)nn2)c1. The number of fused-ring (bicyclic) bond motifs is 1. The zero-order valence-corrected chi connectivity index (χ0v) is 19.8. The van der Waals surface area contributed by atoms with Crippen LogP contribution in [0, 0.1) is 5.92 Å². The van der Waals surface area contributed by atoms with Gasteiger partial charge in [0.15, 0.2) is 0 Å². The van der Waals surface area contributed by atoms with Crippen LogP contribution in [0.2, 0.25) is 0 Å². The molecule has 9 nitrogen and oxygen atoms in total. The fourth-order valence-electron chi connectivity index (χ4n) is 4.86. The van der Waals surface area contributed by atoms with Gasteiger partial charge in [-0.25, -0.2) is 9.67 Å². The van der Waals surface area contributed by atoms with Crippen LogP contribution in [-0.4, -0.2) is 48.4 Å². The zero-order valence-electron chi connectivity index (χ0n) is 19.8. The predicted molar refractivity (Wildman–Crippen MR) is 133 cm³/mol. The molecule has 6 rings (SSSR count). The topological polar surface area (TPSA) is 93.2 Å². The van der Waals surface area contributed by atoms with Crippen LogP contribution in [0.4, 0.5) is 5.69 Å². The molecule has 0 atom stereocenters. The van der Waals surface area contributed by atoms with Crippen molar-refractivity contribution in [1.29, 1.82) is 0 Å². The zero-order chi connectivity index (χ0) is 23.6. The third-order valence-electron chi connectivity index (χ3n) is 7.07. The monoisotopic (exact) mass is 470 g/mol. The first-order valence-electron chi connectivity index (χ1n) is 12.5. The van der Waals surface area contributed by atoms with Crippen molar-refractivity contribution in [3.8, 4) is 11.3 Å². The number of hydrogen-bond acceptors (Lipinski definition) is 6. The van der Waals surface area contributed by atoms with Crippen molar-refractivity contribution in [3.05, 3.63) is 60.4 Å². The van der Waals surface area contributed by atoms with Crippen LogP contribution >= 0.6 is 0 Å². The number of carbonyl (C=O) groups is 1. The normalized spacial score (nSPS) is 16.7. The molecule has 9 heteroatoms. The number of imidazole rings is 1. The molecule has 0 unspecified atom stereocenters. The molecule has 0 spiro atoms. The quantitative estimate of drug-likeness (QED) is 0.424. The van der Waals surface area contributed by atoms with Gasteiger partial charge in [0, 0.05) is 43.7 Å². The maximum absolute atomic E-state index is 12.3. The molecular weight excluding hydrogens is 440 g/mol. The summed E-state index contributed by atoms with van der Waals surface area (Å²) in [7, 11) is 0.